The van der Waals surface area contributed by atoms with Crippen molar-refractivity contribution in [3.63, 3.8) is 0 Å². The van der Waals surface area contributed by atoms with Crippen molar-refractivity contribution in [3.8, 4) is 0 Å². The minimum atomic E-state index is -2.60. The SMILES string of the molecule is CNc1nc(Nc2ccccc2SC(F)F)c(F)cc1F. The van der Waals surface area contributed by atoms with Gasteiger partial charge in [0.05, 0.1) is 5.69 Å². The minimum Gasteiger partial charge on any atom is -0.371 e. The fourth-order valence-electron chi connectivity index (χ4n) is 1.63. The van der Waals surface area contributed by atoms with E-state index < -0.39 is 17.4 Å². The lowest BCUT2D eigenvalue weighted by molar-refractivity contribution is 0.252. The van der Waals surface area contributed by atoms with Crippen molar-refractivity contribution in [2.75, 3.05) is 17.7 Å². The van der Waals surface area contributed by atoms with Crippen LogP contribution in [0.15, 0.2) is 35.2 Å². The molecule has 1 aromatic heterocycles. The van der Waals surface area contributed by atoms with Gasteiger partial charge >= 0.3 is 0 Å². The number of hydrogen-bond acceptors (Lipinski definition) is 4. The van der Waals surface area contributed by atoms with E-state index in [1.54, 1.807) is 12.1 Å². The lowest BCUT2D eigenvalue weighted by Crippen LogP contribution is -2.04. The molecule has 0 aliphatic carbocycles. The first kappa shape index (κ1) is 15.4. The van der Waals surface area contributed by atoms with Crippen molar-refractivity contribution in [2.24, 2.45) is 0 Å². The van der Waals surface area contributed by atoms with Gasteiger partial charge in [-0.3, -0.25) is 0 Å². The van der Waals surface area contributed by atoms with Crippen molar-refractivity contribution in [2.45, 2.75) is 10.7 Å². The van der Waals surface area contributed by atoms with Crippen LogP contribution in [0.5, 0.6) is 0 Å². The first-order chi connectivity index (χ1) is 10.0. The van der Waals surface area contributed by atoms with E-state index in [0.717, 1.165) is 0 Å². The number of thioether (sulfide) groups is 1. The van der Waals surface area contributed by atoms with Gasteiger partial charge in [0.2, 0.25) is 0 Å². The molecule has 0 amide bonds. The number of rotatable bonds is 5. The van der Waals surface area contributed by atoms with Gasteiger partial charge in [-0.05, 0) is 12.1 Å². The molecule has 112 valence electrons. The molecule has 2 aromatic rings. The highest BCUT2D eigenvalue weighted by Crippen LogP contribution is 2.33. The zero-order chi connectivity index (χ0) is 15.4. The van der Waals surface area contributed by atoms with E-state index in [9.17, 15) is 17.6 Å². The molecule has 1 heterocycles. The maximum absolute atomic E-state index is 13.7. The molecule has 8 heteroatoms. The van der Waals surface area contributed by atoms with Crippen molar-refractivity contribution < 1.29 is 17.6 Å². The molecule has 0 aliphatic heterocycles. The standard InChI is InChI=1S/C13H11F4N3S/c1-18-11-7(14)6-8(15)12(20-11)19-9-4-2-3-5-10(9)21-13(16)17/h2-6,13H,1H3,(H2,18,19,20). The molecule has 0 saturated carbocycles. The zero-order valence-corrected chi connectivity index (χ0v) is 11.6. The van der Waals surface area contributed by atoms with Gasteiger partial charge in [-0.1, -0.05) is 23.9 Å². The summed E-state index contributed by atoms with van der Waals surface area (Å²) in [5.74, 6) is -4.74. The Labute approximate surface area is 122 Å². The van der Waals surface area contributed by atoms with Crippen LogP contribution in [-0.2, 0) is 0 Å². The minimum absolute atomic E-state index is 0.141. The van der Waals surface area contributed by atoms with E-state index in [1.165, 1.54) is 19.2 Å². The van der Waals surface area contributed by atoms with Gasteiger partial charge in [0, 0.05) is 18.0 Å². The molecule has 0 radical (unpaired) electrons. The van der Waals surface area contributed by atoms with E-state index in [4.69, 9.17) is 0 Å². The third-order valence-electron chi connectivity index (χ3n) is 2.52. The fraction of sp³-hybridized carbons (Fsp3) is 0.154. The Bertz CT molecular complexity index is 637. The predicted octanol–water partition coefficient (Wildman–Crippen LogP) is 4.46. The number of para-hydroxylation sites is 1. The Morgan fingerprint density at radius 3 is 2.43 bits per heavy atom. The number of halogens is 4. The Balaban J connectivity index is 2.34. The summed E-state index contributed by atoms with van der Waals surface area (Å²) in [6.45, 7) is 0. The van der Waals surface area contributed by atoms with E-state index in [2.05, 4.69) is 15.6 Å². The van der Waals surface area contributed by atoms with Gasteiger partial charge < -0.3 is 10.6 Å². The summed E-state index contributed by atoms with van der Waals surface area (Å²) in [6.07, 6.45) is 0. The summed E-state index contributed by atoms with van der Waals surface area (Å²) < 4.78 is 52.0. The lowest BCUT2D eigenvalue weighted by Gasteiger charge is -2.12. The summed E-state index contributed by atoms with van der Waals surface area (Å²) in [4.78, 5) is 3.98. The van der Waals surface area contributed by atoms with E-state index in [-0.39, 0.29) is 22.2 Å². The molecular weight excluding hydrogens is 306 g/mol. The van der Waals surface area contributed by atoms with Crippen LogP contribution in [0.25, 0.3) is 0 Å². The molecule has 0 unspecified atom stereocenters. The van der Waals surface area contributed by atoms with Gasteiger partial charge in [0.1, 0.15) is 0 Å². The number of benzene rings is 1. The second-order valence-corrected chi connectivity index (χ2v) is 4.93. The maximum Gasteiger partial charge on any atom is 0.288 e. The molecule has 2 N–H and O–H groups in total. The normalized spacial score (nSPS) is 10.8. The monoisotopic (exact) mass is 317 g/mol. The molecule has 0 bridgehead atoms. The highest BCUT2D eigenvalue weighted by molar-refractivity contribution is 7.99. The molecule has 3 nitrogen and oxygen atoms in total. The molecule has 2 rings (SSSR count). The van der Waals surface area contributed by atoms with Crippen LogP contribution in [0.4, 0.5) is 34.9 Å². The molecule has 21 heavy (non-hydrogen) atoms. The van der Waals surface area contributed by atoms with Crippen LogP contribution >= 0.6 is 11.8 Å². The van der Waals surface area contributed by atoms with Gasteiger partial charge in [0.25, 0.3) is 5.76 Å². The first-order valence-corrected chi connectivity index (χ1v) is 6.74. The molecule has 0 aliphatic rings. The molecule has 0 spiro atoms. The average Bonchev–Trinajstić information content (AvgIpc) is 2.43. The number of nitrogens with zero attached hydrogens (tertiary/aromatic N) is 1. The second kappa shape index (κ2) is 6.66. The zero-order valence-electron chi connectivity index (χ0n) is 10.8. The largest absolute Gasteiger partial charge is 0.371 e. The summed E-state index contributed by atoms with van der Waals surface area (Å²) in [5, 5.41) is 5.08. The highest BCUT2D eigenvalue weighted by atomic mass is 32.2. The van der Waals surface area contributed by atoms with Crippen LogP contribution in [-0.4, -0.2) is 17.8 Å². The van der Waals surface area contributed by atoms with E-state index in [0.29, 0.717) is 17.8 Å². The van der Waals surface area contributed by atoms with Crippen LogP contribution in [0.1, 0.15) is 0 Å². The van der Waals surface area contributed by atoms with Gasteiger partial charge in [0.15, 0.2) is 23.3 Å². The van der Waals surface area contributed by atoms with E-state index in [1.807, 2.05) is 0 Å². The number of nitrogens with one attached hydrogen (secondary N) is 2. The maximum atomic E-state index is 13.7. The second-order valence-electron chi connectivity index (χ2n) is 3.90. The van der Waals surface area contributed by atoms with Crippen LogP contribution < -0.4 is 10.6 Å². The first-order valence-electron chi connectivity index (χ1n) is 5.86. The van der Waals surface area contributed by atoms with Crippen LogP contribution in [0.2, 0.25) is 0 Å². The fourth-order valence-corrected chi connectivity index (χ4v) is 2.22. The van der Waals surface area contributed by atoms with Crippen LogP contribution in [0.3, 0.4) is 0 Å². The average molecular weight is 317 g/mol. The Kier molecular flexibility index (Phi) is 4.89. The third kappa shape index (κ3) is 3.78. The Morgan fingerprint density at radius 1 is 1.10 bits per heavy atom. The van der Waals surface area contributed by atoms with Crippen molar-refractivity contribution in [1.82, 2.24) is 4.98 Å². The molecule has 1 aromatic carbocycles. The smallest absolute Gasteiger partial charge is 0.288 e. The lowest BCUT2D eigenvalue weighted by atomic mass is 10.3. The number of pyridine rings is 1. The van der Waals surface area contributed by atoms with E-state index >= 15 is 0 Å². The van der Waals surface area contributed by atoms with Gasteiger partial charge in [-0.15, -0.1) is 0 Å². The number of anilines is 3. The summed E-state index contributed by atoms with van der Waals surface area (Å²) in [5.41, 5.74) is 0.267. The Hall–Kier alpha value is -1.96. The molecule has 0 fully saturated rings. The highest BCUT2D eigenvalue weighted by Gasteiger charge is 2.14. The van der Waals surface area contributed by atoms with Crippen LogP contribution in [0, 0.1) is 11.6 Å². The number of hydrogen-bond donors (Lipinski definition) is 2. The third-order valence-corrected chi connectivity index (χ3v) is 3.31. The molecular formula is C13H11F4N3S. The Morgan fingerprint density at radius 2 is 1.76 bits per heavy atom. The summed E-state index contributed by atoms with van der Waals surface area (Å²) in [7, 11) is 1.44. The topological polar surface area (TPSA) is 37.0 Å². The summed E-state index contributed by atoms with van der Waals surface area (Å²) in [6, 6.07) is 6.85. The number of aromatic nitrogens is 1. The summed E-state index contributed by atoms with van der Waals surface area (Å²) >= 11 is 0.327. The predicted molar refractivity (Wildman–Crippen MR) is 75.3 cm³/mol. The van der Waals surface area contributed by atoms with Gasteiger partial charge in [-0.2, -0.15) is 8.78 Å². The number of alkyl halides is 2. The molecule has 0 atom stereocenters. The van der Waals surface area contributed by atoms with Crippen molar-refractivity contribution in [1.29, 1.82) is 0 Å². The van der Waals surface area contributed by atoms with Crippen molar-refractivity contribution >= 4 is 29.1 Å². The van der Waals surface area contributed by atoms with Gasteiger partial charge in [-0.25, -0.2) is 13.8 Å². The quantitative estimate of drug-likeness (QED) is 0.630. The molecule has 0 saturated heterocycles. The van der Waals surface area contributed by atoms with Crippen molar-refractivity contribution in [3.05, 3.63) is 42.0 Å².